The second kappa shape index (κ2) is 9.22. The lowest BCUT2D eigenvalue weighted by atomic mass is 10.1. The van der Waals surface area contributed by atoms with Crippen molar-refractivity contribution in [3.63, 3.8) is 0 Å². The summed E-state index contributed by atoms with van der Waals surface area (Å²) in [7, 11) is 0. The average Bonchev–Trinajstić information content (AvgIpc) is 2.64. The third-order valence-electron chi connectivity index (χ3n) is 4.40. The molecule has 0 unspecified atom stereocenters. The summed E-state index contributed by atoms with van der Waals surface area (Å²) < 4.78 is 12.6. The lowest BCUT2D eigenvalue weighted by Gasteiger charge is -2.31. The van der Waals surface area contributed by atoms with Crippen molar-refractivity contribution in [2.45, 2.75) is 52.2 Å². The molecule has 1 aromatic heterocycles. The van der Waals surface area contributed by atoms with E-state index in [1.165, 1.54) is 3.57 Å². The maximum absolute atomic E-state index is 12.6. The van der Waals surface area contributed by atoms with Gasteiger partial charge in [0.25, 0.3) is 0 Å². The van der Waals surface area contributed by atoms with Crippen LogP contribution in [-0.2, 0) is 28.9 Å². The normalized spacial score (nSPS) is 13.9. The minimum Gasteiger partial charge on any atom is -0.443 e. The van der Waals surface area contributed by atoms with Crippen LogP contribution in [0.4, 0.5) is 10.6 Å². The van der Waals surface area contributed by atoms with Crippen molar-refractivity contribution in [3.8, 4) is 0 Å². The Balaban J connectivity index is 1.60. The van der Waals surface area contributed by atoms with Crippen LogP contribution in [-0.4, -0.2) is 29.8 Å². The van der Waals surface area contributed by atoms with Gasteiger partial charge in [-0.2, -0.15) is 0 Å². The number of carbonyl (C=O) groups excluding carboxylic acids is 1. The van der Waals surface area contributed by atoms with Crippen LogP contribution in [0.25, 0.3) is 0 Å². The van der Waals surface area contributed by atoms with E-state index in [2.05, 4.69) is 52.9 Å². The van der Waals surface area contributed by atoms with Crippen LogP contribution >= 0.6 is 22.6 Å². The fourth-order valence-electron chi connectivity index (χ4n) is 3.06. The van der Waals surface area contributed by atoms with E-state index >= 15 is 0 Å². The standard InChI is InChI=1S/C22H27IN2O3/c1-22(2,3)28-21(26)25-13-4-5-17-8-11-19(24-20(17)25)12-14-27-15-16-6-9-18(23)10-7-16/h6-11H,4-5,12-15H2,1-3H3. The Bertz CT molecular complexity index is 816. The van der Waals surface area contributed by atoms with Crippen LogP contribution in [0.15, 0.2) is 36.4 Å². The molecule has 3 rings (SSSR count). The Kier molecular flexibility index (Phi) is 6.93. The Morgan fingerprint density at radius 3 is 2.64 bits per heavy atom. The second-order valence-electron chi connectivity index (χ2n) is 7.95. The van der Waals surface area contributed by atoms with Gasteiger partial charge in [0.1, 0.15) is 11.4 Å². The lowest BCUT2D eigenvalue weighted by molar-refractivity contribution is 0.0576. The summed E-state index contributed by atoms with van der Waals surface area (Å²) in [4.78, 5) is 19.0. The van der Waals surface area contributed by atoms with Gasteiger partial charge in [-0.25, -0.2) is 9.78 Å². The first kappa shape index (κ1) is 21.0. The number of amides is 1. The second-order valence-corrected chi connectivity index (χ2v) is 9.20. The highest BCUT2D eigenvalue weighted by atomic mass is 127. The molecule has 6 heteroatoms. The van der Waals surface area contributed by atoms with Crippen molar-refractivity contribution in [2.75, 3.05) is 18.1 Å². The Morgan fingerprint density at radius 2 is 1.93 bits per heavy atom. The quantitative estimate of drug-likeness (QED) is 0.427. The number of aryl methyl sites for hydroxylation is 1. The molecule has 1 amide bonds. The molecule has 2 aromatic rings. The molecule has 0 saturated heterocycles. The van der Waals surface area contributed by atoms with Gasteiger partial charge in [-0.05, 0) is 85.5 Å². The summed E-state index contributed by atoms with van der Waals surface area (Å²) in [5.41, 5.74) is 2.67. The molecule has 1 aromatic carbocycles. The van der Waals surface area contributed by atoms with Gasteiger partial charge in [-0.15, -0.1) is 0 Å². The van der Waals surface area contributed by atoms with Crippen LogP contribution in [0.3, 0.4) is 0 Å². The maximum atomic E-state index is 12.6. The van der Waals surface area contributed by atoms with Gasteiger partial charge < -0.3 is 9.47 Å². The van der Waals surface area contributed by atoms with Crippen molar-refractivity contribution >= 4 is 34.5 Å². The van der Waals surface area contributed by atoms with Gasteiger partial charge in [0.2, 0.25) is 0 Å². The molecule has 0 spiro atoms. The average molecular weight is 494 g/mol. The number of carbonyl (C=O) groups is 1. The van der Waals surface area contributed by atoms with E-state index < -0.39 is 5.60 Å². The maximum Gasteiger partial charge on any atom is 0.416 e. The molecule has 5 nitrogen and oxygen atoms in total. The predicted octanol–water partition coefficient (Wildman–Crippen LogP) is 5.13. The molecule has 2 heterocycles. The summed E-state index contributed by atoms with van der Waals surface area (Å²) in [6.07, 6.45) is 2.24. The highest BCUT2D eigenvalue weighted by molar-refractivity contribution is 14.1. The van der Waals surface area contributed by atoms with Crippen molar-refractivity contribution < 1.29 is 14.3 Å². The Hall–Kier alpha value is -1.67. The molecule has 0 atom stereocenters. The summed E-state index contributed by atoms with van der Waals surface area (Å²) in [5, 5.41) is 0. The fraction of sp³-hybridized carbons (Fsp3) is 0.455. The first-order valence-electron chi connectivity index (χ1n) is 9.63. The van der Waals surface area contributed by atoms with Gasteiger partial charge in [-0.1, -0.05) is 18.2 Å². The van der Waals surface area contributed by atoms with Gasteiger partial charge in [-0.3, -0.25) is 4.90 Å². The zero-order valence-electron chi connectivity index (χ0n) is 16.7. The van der Waals surface area contributed by atoms with Gasteiger partial charge in [0.05, 0.1) is 13.2 Å². The molecule has 0 bridgehead atoms. The third-order valence-corrected chi connectivity index (χ3v) is 5.11. The summed E-state index contributed by atoms with van der Waals surface area (Å²) in [6, 6.07) is 12.4. The zero-order valence-corrected chi connectivity index (χ0v) is 18.9. The minimum absolute atomic E-state index is 0.326. The minimum atomic E-state index is -0.518. The first-order chi connectivity index (χ1) is 13.3. The Morgan fingerprint density at radius 1 is 1.18 bits per heavy atom. The van der Waals surface area contributed by atoms with E-state index in [1.54, 1.807) is 4.90 Å². The molecule has 1 aliphatic heterocycles. The van der Waals surface area contributed by atoms with Gasteiger partial charge in [0.15, 0.2) is 0 Å². The van der Waals surface area contributed by atoms with Crippen molar-refractivity contribution in [2.24, 2.45) is 0 Å². The number of hydrogen-bond donors (Lipinski definition) is 0. The molecular formula is C22H27IN2O3. The molecule has 0 saturated carbocycles. The van der Waals surface area contributed by atoms with Crippen molar-refractivity contribution in [1.82, 2.24) is 4.98 Å². The molecular weight excluding hydrogens is 467 g/mol. The molecule has 28 heavy (non-hydrogen) atoms. The molecule has 0 fully saturated rings. The van der Waals surface area contributed by atoms with Crippen LogP contribution in [0.5, 0.6) is 0 Å². The molecule has 0 aliphatic carbocycles. The number of nitrogens with zero attached hydrogens (tertiary/aromatic N) is 2. The number of anilines is 1. The number of halogens is 1. The molecule has 0 N–H and O–H groups in total. The van der Waals surface area contributed by atoms with E-state index in [0.717, 1.165) is 35.5 Å². The van der Waals surface area contributed by atoms with Gasteiger partial charge >= 0.3 is 6.09 Å². The number of rotatable bonds is 5. The highest BCUT2D eigenvalue weighted by Crippen LogP contribution is 2.27. The first-order valence-corrected chi connectivity index (χ1v) is 10.7. The van der Waals surface area contributed by atoms with Crippen LogP contribution in [0, 0.1) is 3.57 Å². The predicted molar refractivity (Wildman–Crippen MR) is 119 cm³/mol. The summed E-state index contributed by atoms with van der Waals surface area (Å²) in [6.45, 7) is 7.46. The van der Waals surface area contributed by atoms with E-state index in [0.29, 0.717) is 26.2 Å². The van der Waals surface area contributed by atoms with E-state index in [9.17, 15) is 4.79 Å². The van der Waals surface area contributed by atoms with E-state index in [1.807, 2.05) is 26.8 Å². The van der Waals surface area contributed by atoms with E-state index in [-0.39, 0.29) is 6.09 Å². The van der Waals surface area contributed by atoms with Gasteiger partial charge in [0, 0.05) is 22.2 Å². The largest absolute Gasteiger partial charge is 0.443 e. The fourth-order valence-corrected chi connectivity index (χ4v) is 3.42. The van der Waals surface area contributed by atoms with Crippen LogP contribution in [0.2, 0.25) is 0 Å². The van der Waals surface area contributed by atoms with Crippen LogP contribution < -0.4 is 4.90 Å². The lowest BCUT2D eigenvalue weighted by Crippen LogP contribution is -2.40. The highest BCUT2D eigenvalue weighted by Gasteiger charge is 2.28. The monoisotopic (exact) mass is 494 g/mol. The SMILES string of the molecule is CC(C)(C)OC(=O)N1CCCc2ccc(CCOCc3ccc(I)cc3)nc21. The third kappa shape index (κ3) is 5.91. The van der Waals surface area contributed by atoms with E-state index in [4.69, 9.17) is 14.5 Å². The smallest absolute Gasteiger partial charge is 0.416 e. The number of ether oxygens (including phenoxy) is 2. The molecule has 1 aliphatic rings. The number of benzene rings is 1. The Labute approximate surface area is 180 Å². The topological polar surface area (TPSA) is 51.7 Å². The molecule has 150 valence electrons. The summed E-state index contributed by atoms with van der Waals surface area (Å²) in [5.74, 6) is 0.732. The number of pyridine rings is 1. The zero-order chi connectivity index (χ0) is 20.1. The van der Waals surface area contributed by atoms with Crippen molar-refractivity contribution in [1.29, 1.82) is 0 Å². The number of aromatic nitrogens is 1. The summed E-state index contributed by atoms with van der Waals surface area (Å²) >= 11 is 2.29. The number of hydrogen-bond acceptors (Lipinski definition) is 4. The number of fused-ring (bicyclic) bond motifs is 1. The molecule has 0 radical (unpaired) electrons. The van der Waals surface area contributed by atoms with Crippen LogP contribution in [0.1, 0.15) is 44.0 Å². The van der Waals surface area contributed by atoms with Crippen molar-refractivity contribution in [3.05, 3.63) is 56.8 Å².